The molecule has 0 saturated heterocycles. The molecule has 2 heterocycles. The molecule has 0 unspecified atom stereocenters. The highest BCUT2D eigenvalue weighted by atomic mass is 16.5. The number of nitrogens with one attached hydrogen (secondary N) is 1. The zero-order valence-corrected chi connectivity index (χ0v) is 11.7. The van der Waals surface area contributed by atoms with Crippen molar-refractivity contribution in [3.8, 4) is 16.9 Å². The highest BCUT2D eigenvalue weighted by molar-refractivity contribution is 5.99. The summed E-state index contributed by atoms with van der Waals surface area (Å²) in [6.07, 6.45) is 1.74. The Hall–Kier alpha value is -2.36. The van der Waals surface area contributed by atoms with Crippen LogP contribution >= 0.6 is 0 Å². The highest BCUT2D eigenvalue weighted by Crippen LogP contribution is 2.34. The number of aromatic nitrogens is 1. The van der Waals surface area contributed by atoms with Gasteiger partial charge in [0.2, 0.25) is 0 Å². The van der Waals surface area contributed by atoms with Gasteiger partial charge in [0.05, 0.1) is 0 Å². The minimum atomic E-state index is -0.874. The molecular weight excluding hydrogens is 252 g/mol. The van der Waals surface area contributed by atoms with Gasteiger partial charge in [-0.15, -0.1) is 0 Å². The molecule has 20 heavy (non-hydrogen) atoms. The molecule has 0 saturated carbocycles. The van der Waals surface area contributed by atoms with E-state index in [-0.39, 0.29) is 5.91 Å². The maximum absolute atomic E-state index is 11.8. The summed E-state index contributed by atoms with van der Waals surface area (Å²) >= 11 is 0. The Kier molecular flexibility index (Phi) is 2.74. The van der Waals surface area contributed by atoms with Crippen LogP contribution in [-0.2, 0) is 4.79 Å². The van der Waals surface area contributed by atoms with E-state index in [2.05, 4.69) is 29.4 Å². The smallest absolute Gasteiger partial charge is 0.269 e. The fourth-order valence-electron chi connectivity index (χ4n) is 2.10. The molecule has 0 spiro atoms. The van der Waals surface area contributed by atoms with Gasteiger partial charge in [0, 0.05) is 11.8 Å². The van der Waals surface area contributed by atoms with E-state index < -0.39 is 5.60 Å². The minimum Gasteiger partial charge on any atom is -0.474 e. The van der Waals surface area contributed by atoms with Crippen LogP contribution < -0.4 is 10.1 Å². The largest absolute Gasteiger partial charge is 0.474 e. The number of hydrogen-bond acceptors (Lipinski definition) is 3. The number of hydrogen-bond donors (Lipinski definition) is 1. The lowest BCUT2D eigenvalue weighted by atomic mass is 10.0. The first kappa shape index (κ1) is 12.7. The number of carbonyl (C=O) groups is 1. The topological polar surface area (TPSA) is 51.2 Å². The number of carbonyl (C=O) groups excluding carboxylic acids is 1. The molecule has 0 bridgehead atoms. The number of pyridine rings is 1. The quantitative estimate of drug-likeness (QED) is 0.864. The number of benzene rings is 1. The van der Waals surface area contributed by atoms with Crippen LogP contribution in [0.15, 0.2) is 36.5 Å². The maximum atomic E-state index is 11.8. The summed E-state index contributed by atoms with van der Waals surface area (Å²) in [7, 11) is 0. The van der Waals surface area contributed by atoms with E-state index in [0.717, 1.165) is 11.1 Å². The van der Waals surface area contributed by atoms with Gasteiger partial charge < -0.3 is 10.1 Å². The Labute approximate surface area is 117 Å². The fourth-order valence-corrected chi connectivity index (χ4v) is 2.10. The van der Waals surface area contributed by atoms with Gasteiger partial charge in [0.1, 0.15) is 0 Å². The number of aryl methyl sites for hydroxylation is 1. The molecule has 0 atom stereocenters. The summed E-state index contributed by atoms with van der Waals surface area (Å²) in [6, 6.07) is 10.1. The summed E-state index contributed by atoms with van der Waals surface area (Å²) in [4.78, 5) is 16.1. The van der Waals surface area contributed by atoms with Gasteiger partial charge >= 0.3 is 0 Å². The third-order valence-electron chi connectivity index (χ3n) is 3.38. The van der Waals surface area contributed by atoms with E-state index >= 15 is 0 Å². The van der Waals surface area contributed by atoms with Crippen LogP contribution in [0.1, 0.15) is 19.4 Å². The Morgan fingerprint density at radius 1 is 1.15 bits per heavy atom. The van der Waals surface area contributed by atoms with Gasteiger partial charge in [-0.25, -0.2) is 4.98 Å². The molecule has 4 heteroatoms. The number of amides is 1. The number of nitrogens with zero attached hydrogens (tertiary/aromatic N) is 1. The summed E-state index contributed by atoms with van der Waals surface area (Å²) in [6.45, 7) is 5.53. The Balaban J connectivity index is 2.01. The van der Waals surface area contributed by atoms with Crippen molar-refractivity contribution in [3.05, 3.63) is 42.1 Å². The van der Waals surface area contributed by atoms with E-state index in [4.69, 9.17) is 4.74 Å². The predicted molar refractivity (Wildman–Crippen MR) is 77.7 cm³/mol. The molecule has 4 nitrogen and oxygen atoms in total. The Morgan fingerprint density at radius 3 is 2.55 bits per heavy atom. The maximum Gasteiger partial charge on any atom is 0.269 e. The molecule has 2 aromatic rings. The van der Waals surface area contributed by atoms with Crippen molar-refractivity contribution in [1.82, 2.24) is 4.98 Å². The minimum absolute atomic E-state index is 0.180. The molecule has 0 aliphatic carbocycles. The van der Waals surface area contributed by atoms with Crippen molar-refractivity contribution in [2.75, 3.05) is 5.32 Å². The van der Waals surface area contributed by atoms with Crippen molar-refractivity contribution in [1.29, 1.82) is 0 Å². The summed E-state index contributed by atoms with van der Waals surface area (Å²) in [5.41, 5.74) is 2.38. The zero-order valence-electron chi connectivity index (χ0n) is 11.7. The number of rotatable bonds is 1. The monoisotopic (exact) mass is 268 g/mol. The SMILES string of the molecule is Cc1ccc(-c2cnc3c(c2)OC(C)(C)C(=O)N3)cc1. The second-order valence-electron chi connectivity index (χ2n) is 5.50. The molecule has 1 N–H and O–H groups in total. The lowest BCUT2D eigenvalue weighted by molar-refractivity contribution is -0.129. The van der Waals surface area contributed by atoms with Gasteiger partial charge in [-0.05, 0) is 32.4 Å². The lowest BCUT2D eigenvalue weighted by Crippen LogP contribution is -2.45. The second-order valence-corrected chi connectivity index (χ2v) is 5.50. The first-order valence-electron chi connectivity index (χ1n) is 6.53. The van der Waals surface area contributed by atoms with Gasteiger partial charge in [0.15, 0.2) is 17.2 Å². The van der Waals surface area contributed by atoms with Crippen molar-refractivity contribution in [2.24, 2.45) is 0 Å². The third kappa shape index (κ3) is 2.13. The number of fused-ring (bicyclic) bond motifs is 1. The molecule has 0 radical (unpaired) electrons. The zero-order chi connectivity index (χ0) is 14.3. The fraction of sp³-hybridized carbons (Fsp3) is 0.250. The standard InChI is InChI=1S/C16H16N2O2/c1-10-4-6-11(7-5-10)12-8-13-14(17-9-12)18-15(19)16(2,3)20-13/h4-9H,1-3H3,(H,17,18,19). The third-order valence-corrected chi connectivity index (χ3v) is 3.38. The van der Waals surface area contributed by atoms with Crippen molar-refractivity contribution in [3.63, 3.8) is 0 Å². The normalized spacial score (nSPS) is 16.1. The Bertz CT molecular complexity index is 675. The summed E-state index contributed by atoms with van der Waals surface area (Å²) in [5, 5.41) is 2.76. The van der Waals surface area contributed by atoms with Gasteiger partial charge in [-0.1, -0.05) is 29.8 Å². The van der Waals surface area contributed by atoms with E-state index in [0.29, 0.717) is 11.6 Å². The van der Waals surface area contributed by atoms with Crippen LogP contribution in [0, 0.1) is 6.92 Å². The average Bonchev–Trinajstić information content (AvgIpc) is 2.40. The van der Waals surface area contributed by atoms with E-state index in [1.54, 1.807) is 20.0 Å². The van der Waals surface area contributed by atoms with Crippen LogP contribution in [-0.4, -0.2) is 16.5 Å². The molecular formula is C16H16N2O2. The van der Waals surface area contributed by atoms with Crippen LogP contribution in [0.5, 0.6) is 5.75 Å². The average molecular weight is 268 g/mol. The second kappa shape index (κ2) is 4.34. The first-order valence-corrected chi connectivity index (χ1v) is 6.53. The van der Waals surface area contributed by atoms with E-state index in [1.165, 1.54) is 5.56 Å². The molecule has 3 rings (SSSR count). The summed E-state index contributed by atoms with van der Waals surface area (Å²) < 4.78 is 5.74. The number of anilines is 1. The van der Waals surface area contributed by atoms with Gasteiger partial charge in [-0.3, -0.25) is 4.79 Å². The molecule has 0 fully saturated rings. The van der Waals surface area contributed by atoms with Crippen LogP contribution in [0.4, 0.5) is 5.82 Å². The van der Waals surface area contributed by atoms with E-state index in [1.807, 2.05) is 18.2 Å². The van der Waals surface area contributed by atoms with Gasteiger partial charge in [0.25, 0.3) is 5.91 Å². The molecule has 1 aliphatic heterocycles. The molecule has 1 aromatic carbocycles. The molecule has 1 aromatic heterocycles. The van der Waals surface area contributed by atoms with Crippen LogP contribution in [0.2, 0.25) is 0 Å². The van der Waals surface area contributed by atoms with E-state index in [9.17, 15) is 4.79 Å². The molecule has 102 valence electrons. The van der Waals surface area contributed by atoms with Crippen molar-refractivity contribution >= 4 is 11.7 Å². The van der Waals surface area contributed by atoms with Crippen LogP contribution in [0.3, 0.4) is 0 Å². The highest BCUT2D eigenvalue weighted by Gasteiger charge is 2.36. The number of ether oxygens (including phenoxy) is 1. The lowest BCUT2D eigenvalue weighted by Gasteiger charge is -2.30. The first-order chi connectivity index (χ1) is 9.45. The Morgan fingerprint density at radius 2 is 1.85 bits per heavy atom. The summed E-state index contributed by atoms with van der Waals surface area (Å²) in [5.74, 6) is 0.901. The van der Waals surface area contributed by atoms with Gasteiger partial charge in [-0.2, -0.15) is 0 Å². The van der Waals surface area contributed by atoms with Crippen molar-refractivity contribution in [2.45, 2.75) is 26.4 Å². The predicted octanol–water partition coefficient (Wildman–Crippen LogP) is 3.17. The van der Waals surface area contributed by atoms with Crippen molar-refractivity contribution < 1.29 is 9.53 Å². The molecule has 1 amide bonds. The molecule has 1 aliphatic rings. The van der Waals surface area contributed by atoms with Crippen LogP contribution in [0.25, 0.3) is 11.1 Å².